The Morgan fingerprint density at radius 3 is 2.50 bits per heavy atom. The molecule has 2 aliphatic rings. The summed E-state index contributed by atoms with van der Waals surface area (Å²) in [6.07, 6.45) is 0.789. The second-order valence-electron chi connectivity index (χ2n) is 8.44. The van der Waals surface area contributed by atoms with Crippen molar-refractivity contribution in [2.24, 2.45) is 4.99 Å². The lowest BCUT2D eigenvalue weighted by Gasteiger charge is -2.41. The largest absolute Gasteiger partial charge is 0.355 e. The summed E-state index contributed by atoms with van der Waals surface area (Å²) in [5, 5.41) is 3.55. The molecule has 168 valence electrons. The number of rotatable bonds is 5. The number of hydrogen-bond donors (Lipinski definition) is 1. The van der Waals surface area contributed by atoms with Gasteiger partial charge in [0.15, 0.2) is 5.96 Å². The van der Waals surface area contributed by atoms with E-state index in [4.69, 9.17) is 0 Å². The molecule has 1 aromatic rings. The van der Waals surface area contributed by atoms with E-state index < -0.39 is 11.6 Å². The van der Waals surface area contributed by atoms with Crippen LogP contribution in [0.1, 0.15) is 24.9 Å². The van der Waals surface area contributed by atoms with Crippen molar-refractivity contribution in [1.29, 1.82) is 0 Å². The van der Waals surface area contributed by atoms with E-state index in [0.29, 0.717) is 11.6 Å². The standard InChI is InChI=1S/C22H36F2N6/c1-5-21(19-7-6-17(23)14-20(19)24)29-10-12-30(13-11-29)22(25-2)26-15-18-16-27(3)8-9-28(18)4/h6-7,14,18,21H,5,8-13,15-16H2,1-4H3,(H,25,26). The first kappa shape index (κ1) is 22.9. The van der Waals surface area contributed by atoms with Crippen LogP contribution in [0.2, 0.25) is 0 Å². The molecule has 0 amide bonds. The van der Waals surface area contributed by atoms with Crippen LogP contribution in [-0.2, 0) is 0 Å². The molecule has 0 spiro atoms. The van der Waals surface area contributed by atoms with Crippen molar-refractivity contribution in [1.82, 2.24) is 24.9 Å². The third-order valence-corrected chi connectivity index (χ3v) is 6.45. The normalized spacial score (nSPS) is 23.6. The second-order valence-corrected chi connectivity index (χ2v) is 8.44. The van der Waals surface area contributed by atoms with Gasteiger partial charge in [-0.25, -0.2) is 8.78 Å². The molecule has 6 nitrogen and oxygen atoms in total. The Morgan fingerprint density at radius 2 is 1.87 bits per heavy atom. The maximum absolute atomic E-state index is 14.3. The van der Waals surface area contributed by atoms with E-state index in [2.05, 4.69) is 50.9 Å². The van der Waals surface area contributed by atoms with Gasteiger partial charge < -0.3 is 15.1 Å². The second kappa shape index (κ2) is 10.5. The van der Waals surface area contributed by atoms with Crippen molar-refractivity contribution in [2.75, 3.05) is 73.5 Å². The number of benzene rings is 1. The van der Waals surface area contributed by atoms with Crippen LogP contribution in [0, 0.1) is 11.6 Å². The number of nitrogens with zero attached hydrogens (tertiary/aromatic N) is 5. The number of aliphatic imine (C=N–C) groups is 1. The fourth-order valence-corrected chi connectivity index (χ4v) is 4.56. The van der Waals surface area contributed by atoms with Crippen LogP contribution in [0.4, 0.5) is 8.78 Å². The fourth-order valence-electron chi connectivity index (χ4n) is 4.56. The molecule has 0 saturated carbocycles. The summed E-state index contributed by atoms with van der Waals surface area (Å²) in [5.41, 5.74) is 0.583. The molecular formula is C22H36F2N6. The topological polar surface area (TPSA) is 37.4 Å². The zero-order valence-electron chi connectivity index (χ0n) is 18.7. The molecule has 2 fully saturated rings. The molecule has 2 unspecified atom stereocenters. The molecular weight excluding hydrogens is 386 g/mol. The van der Waals surface area contributed by atoms with Gasteiger partial charge in [0, 0.05) is 83.1 Å². The van der Waals surface area contributed by atoms with E-state index in [9.17, 15) is 8.78 Å². The SMILES string of the molecule is CCC(c1ccc(F)cc1F)N1CCN(C(=NC)NCC2CN(C)CCN2C)CC1. The Labute approximate surface area is 179 Å². The van der Waals surface area contributed by atoms with Gasteiger partial charge in [-0.2, -0.15) is 0 Å². The van der Waals surface area contributed by atoms with Gasteiger partial charge in [-0.15, -0.1) is 0 Å². The summed E-state index contributed by atoms with van der Waals surface area (Å²) < 4.78 is 27.6. The van der Waals surface area contributed by atoms with Crippen LogP contribution >= 0.6 is 0 Å². The zero-order chi connectivity index (χ0) is 21.7. The van der Waals surface area contributed by atoms with Crippen LogP contribution in [0.3, 0.4) is 0 Å². The molecule has 0 radical (unpaired) electrons. The van der Waals surface area contributed by atoms with Crippen molar-refractivity contribution in [3.63, 3.8) is 0 Å². The van der Waals surface area contributed by atoms with Crippen molar-refractivity contribution in [3.8, 4) is 0 Å². The predicted molar refractivity (Wildman–Crippen MR) is 118 cm³/mol. The molecule has 3 rings (SSSR count). The van der Waals surface area contributed by atoms with Gasteiger partial charge in [0.25, 0.3) is 0 Å². The lowest BCUT2D eigenvalue weighted by Crippen LogP contribution is -2.57. The van der Waals surface area contributed by atoms with Gasteiger partial charge in [-0.1, -0.05) is 13.0 Å². The van der Waals surface area contributed by atoms with Gasteiger partial charge in [-0.05, 0) is 26.6 Å². The molecule has 2 heterocycles. The molecule has 2 atom stereocenters. The minimum absolute atomic E-state index is 0.0332. The predicted octanol–water partition coefficient (Wildman–Crippen LogP) is 1.85. The Kier molecular flexibility index (Phi) is 8.02. The Balaban J connectivity index is 1.55. The van der Waals surface area contributed by atoms with Crippen LogP contribution < -0.4 is 5.32 Å². The average molecular weight is 423 g/mol. The number of nitrogens with one attached hydrogen (secondary N) is 1. The Morgan fingerprint density at radius 1 is 1.13 bits per heavy atom. The number of piperazine rings is 2. The average Bonchev–Trinajstić information content (AvgIpc) is 2.74. The molecule has 1 N–H and O–H groups in total. The van der Waals surface area contributed by atoms with Crippen LogP contribution in [0.15, 0.2) is 23.2 Å². The minimum Gasteiger partial charge on any atom is -0.355 e. The van der Waals surface area contributed by atoms with Gasteiger partial charge >= 0.3 is 0 Å². The molecule has 2 saturated heterocycles. The van der Waals surface area contributed by atoms with Crippen molar-refractivity contribution in [2.45, 2.75) is 25.4 Å². The number of halogens is 2. The lowest BCUT2D eigenvalue weighted by molar-refractivity contribution is 0.112. The van der Waals surface area contributed by atoms with Crippen LogP contribution in [0.25, 0.3) is 0 Å². The highest BCUT2D eigenvalue weighted by Crippen LogP contribution is 2.28. The smallest absolute Gasteiger partial charge is 0.193 e. The molecule has 1 aromatic carbocycles. The van der Waals surface area contributed by atoms with Gasteiger partial charge in [0.05, 0.1) is 0 Å². The van der Waals surface area contributed by atoms with Gasteiger partial charge in [0.1, 0.15) is 11.6 Å². The van der Waals surface area contributed by atoms with Gasteiger partial charge in [0.2, 0.25) is 0 Å². The minimum atomic E-state index is -0.527. The summed E-state index contributed by atoms with van der Waals surface area (Å²) in [7, 11) is 6.18. The van der Waals surface area contributed by atoms with E-state index in [1.54, 1.807) is 6.07 Å². The Bertz CT molecular complexity index is 720. The van der Waals surface area contributed by atoms with Crippen molar-refractivity contribution >= 4 is 5.96 Å². The summed E-state index contributed by atoms with van der Waals surface area (Å²) in [5.74, 6) is -0.0544. The third kappa shape index (κ3) is 5.47. The third-order valence-electron chi connectivity index (χ3n) is 6.45. The number of guanidine groups is 1. The first-order valence-electron chi connectivity index (χ1n) is 11.0. The zero-order valence-corrected chi connectivity index (χ0v) is 18.7. The molecule has 0 bridgehead atoms. The molecule has 30 heavy (non-hydrogen) atoms. The van der Waals surface area contributed by atoms with Crippen LogP contribution in [0.5, 0.6) is 0 Å². The van der Waals surface area contributed by atoms with E-state index in [0.717, 1.165) is 70.8 Å². The highest BCUT2D eigenvalue weighted by molar-refractivity contribution is 5.80. The quantitative estimate of drug-likeness (QED) is 0.579. The summed E-state index contributed by atoms with van der Waals surface area (Å²) in [6.45, 7) is 9.47. The van der Waals surface area contributed by atoms with Gasteiger partial charge in [-0.3, -0.25) is 14.8 Å². The summed E-state index contributed by atoms with van der Waals surface area (Å²) in [6, 6.07) is 4.35. The lowest BCUT2D eigenvalue weighted by atomic mass is 10.0. The maximum atomic E-state index is 14.3. The first-order valence-corrected chi connectivity index (χ1v) is 11.0. The van der Waals surface area contributed by atoms with Crippen molar-refractivity contribution < 1.29 is 8.78 Å². The fraction of sp³-hybridized carbons (Fsp3) is 0.682. The molecule has 2 aliphatic heterocycles. The highest BCUT2D eigenvalue weighted by Gasteiger charge is 2.28. The monoisotopic (exact) mass is 422 g/mol. The van der Waals surface area contributed by atoms with Crippen molar-refractivity contribution in [3.05, 3.63) is 35.4 Å². The highest BCUT2D eigenvalue weighted by atomic mass is 19.1. The summed E-state index contributed by atoms with van der Waals surface area (Å²) >= 11 is 0. The van der Waals surface area contributed by atoms with E-state index in [-0.39, 0.29) is 6.04 Å². The molecule has 0 aromatic heterocycles. The molecule has 8 heteroatoms. The molecule has 0 aliphatic carbocycles. The van der Waals surface area contributed by atoms with E-state index >= 15 is 0 Å². The number of hydrogen-bond acceptors (Lipinski definition) is 4. The number of likely N-dealkylation sites (N-methyl/N-ethyl adjacent to an activating group) is 2. The first-order chi connectivity index (χ1) is 14.4. The van der Waals surface area contributed by atoms with Crippen LogP contribution in [-0.4, -0.2) is 105 Å². The summed E-state index contributed by atoms with van der Waals surface area (Å²) in [4.78, 5) is 13.8. The maximum Gasteiger partial charge on any atom is 0.193 e. The van der Waals surface area contributed by atoms with E-state index in [1.165, 1.54) is 6.07 Å². The Hall–Kier alpha value is -1.77. The van der Waals surface area contributed by atoms with E-state index in [1.807, 2.05) is 7.05 Å².